The van der Waals surface area contributed by atoms with Gasteiger partial charge in [0.25, 0.3) is 0 Å². The predicted octanol–water partition coefficient (Wildman–Crippen LogP) is 1.11. The Labute approximate surface area is 99.2 Å². The van der Waals surface area contributed by atoms with Gasteiger partial charge < -0.3 is 10.4 Å². The molecule has 1 unspecified atom stereocenters. The number of nitrogens with one attached hydrogen (secondary N) is 1. The fourth-order valence-corrected chi connectivity index (χ4v) is 3.43. The molecule has 2 rings (SSSR count). The molecule has 4 nitrogen and oxygen atoms in total. The van der Waals surface area contributed by atoms with Crippen LogP contribution in [-0.2, 0) is 9.59 Å². The minimum absolute atomic E-state index is 0.0394. The molecule has 1 saturated heterocycles. The van der Waals surface area contributed by atoms with Crippen LogP contribution in [0.3, 0.4) is 0 Å². The maximum atomic E-state index is 11.7. The normalized spacial score (nSPS) is 27.1. The van der Waals surface area contributed by atoms with E-state index in [1.54, 1.807) is 11.8 Å². The van der Waals surface area contributed by atoms with Gasteiger partial charge in [0.1, 0.15) is 0 Å². The summed E-state index contributed by atoms with van der Waals surface area (Å²) < 4.78 is 0. The summed E-state index contributed by atoms with van der Waals surface area (Å²) in [6.45, 7) is 0.308. The van der Waals surface area contributed by atoms with Gasteiger partial charge in [0.15, 0.2) is 0 Å². The van der Waals surface area contributed by atoms with Gasteiger partial charge in [-0.05, 0) is 25.0 Å². The Balaban J connectivity index is 1.81. The number of carbonyl (C=O) groups excluding carboxylic acids is 1. The van der Waals surface area contributed by atoms with E-state index in [1.165, 1.54) is 0 Å². The lowest BCUT2D eigenvalue weighted by atomic mass is 9.69. The molecule has 1 heterocycles. The molecule has 0 spiro atoms. The minimum atomic E-state index is -0.764. The zero-order chi connectivity index (χ0) is 11.6. The van der Waals surface area contributed by atoms with Crippen molar-refractivity contribution in [1.29, 1.82) is 0 Å². The Hall–Kier alpha value is -0.710. The number of thioether (sulfide) groups is 1. The lowest BCUT2D eigenvalue weighted by Crippen LogP contribution is -2.48. The van der Waals surface area contributed by atoms with Crippen LogP contribution < -0.4 is 5.32 Å². The van der Waals surface area contributed by atoms with Crippen LogP contribution in [0.1, 0.15) is 25.7 Å². The van der Waals surface area contributed by atoms with Gasteiger partial charge in [-0.25, -0.2) is 0 Å². The maximum Gasteiger partial charge on any atom is 0.311 e. The number of aliphatic carboxylic acids is 1. The number of amides is 1. The predicted molar refractivity (Wildman–Crippen MR) is 62.4 cm³/mol. The lowest BCUT2D eigenvalue weighted by molar-refractivity contribution is -0.154. The van der Waals surface area contributed by atoms with Gasteiger partial charge in [-0.1, -0.05) is 6.42 Å². The zero-order valence-corrected chi connectivity index (χ0v) is 10.0. The van der Waals surface area contributed by atoms with E-state index >= 15 is 0 Å². The van der Waals surface area contributed by atoms with Gasteiger partial charge in [0.05, 0.1) is 5.41 Å². The van der Waals surface area contributed by atoms with Gasteiger partial charge in [-0.15, -0.1) is 0 Å². The summed E-state index contributed by atoms with van der Waals surface area (Å²) in [4.78, 5) is 22.8. The molecule has 1 saturated carbocycles. The molecule has 1 atom stereocenters. The van der Waals surface area contributed by atoms with Crippen molar-refractivity contribution in [3.8, 4) is 0 Å². The summed E-state index contributed by atoms with van der Waals surface area (Å²) in [5.41, 5.74) is -0.665. The molecule has 0 aromatic rings. The van der Waals surface area contributed by atoms with Gasteiger partial charge in [0.2, 0.25) is 5.91 Å². The first kappa shape index (κ1) is 11.8. The van der Waals surface area contributed by atoms with Gasteiger partial charge in [-0.2, -0.15) is 11.8 Å². The molecule has 0 aromatic carbocycles. The van der Waals surface area contributed by atoms with Crippen LogP contribution in [0.2, 0.25) is 0 Å². The van der Waals surface area contributed by atoms with Gasteiger partial charge in [-0.3, -0.25) is 9.59 Å². The van der Waals surface area contributed by atoms with Crippen LogP contribution in [0.4, 0.5) is 0 Å². The first-order valence-electron chi connectivity index (χ1n) is 5.73. The highest BCUT2D eigenvalue weighted by molar-refractivity contribution is 7.99. The summed E-state index contributed by atoms with van der Waals surface area (Å²) in [5, 5.41) is 11.9. The maximum absolute atomic E-state index is 11.7. The molecule has 1 aliphatic heterocycles. The van der Waals surface area contributed by atoms with E-state index in [2.05, 4.69) is 5.32 Å². The quantitative estimate of drug-likeness (QED) is 0.776. The van der Waals surface area contributed by atoms with E-state index in [9.17, 15) is 9.59 Å². The molecule has 0 aromatic heterocycles. The van der Waals surface area contributed by atoms with E-state index in [-0.39, 0.29) is 11.8 Å². The average molecular weight is 243 g/mol. The fraction of sp³-hybridized carbons (Fsp3) is 0.818. The second kappa shape index (κ2) is 4.65. The number of rotatable bonds is 4. The summed E-state index contributed by atoms with van der Waals surface area (Å²) in [6, 6.07) is 0. The summed E-state index contributed by atoms with van der Waals surface area (Å²) in [6.07, 6.45) is 3.28. The Kier molecular flexibility index (Phi) is 3.42. The number of carboxylic acid groups (broad SMARTS) is 1. The molecular weight excluding hydrogens is 226 g/mol. The summed E-state index contributed by atoms with van der Waals surface area (Å²) in [7, 11) is 0. The second-order valence-corrected chi connectivity index (χ2v) is 5.87. The van der Waals surface area contributed by atoms with Gasteiger partial charge in [0, 0.05) is 18.2 Å². The van der Waals surface area contributed by atoms with E-state index in [0.717, 1.165) is 24.3 Å². The zero-order valence-electron chi connectivity index (χ0n) is 9.20. The van der Waals surface area contributed by atoms with Crippen molar-refractivity contribution in [2.24, 2.45) is 11.3 Å². The Bertz CT molecular complexity index is 296. The highest BCUT2D eigenvalue weighted by Crippen LogP contribution is 2.40. The number of hydrogen-bond acceptors (Lipinski definition) is 3. The van der Waals surface area contributed by atoms with E-state index in [4.69, 9.17) is 5.11 Å². The number of carbonyl (C=O) groups is 2. The standard InChI is InChI=1S/C11H17NO3S/c13-9(8-2-5-16-6-8)12-7-11(10(14)15)3-1-4-11/h8H,1-7H2,(H,12,13)(H,14,15). The van der Waals surface area contributed by atoms with Crippen LogP contribution in [0.15, 0.2) is 0 Å². The van der Waals surface area contributed by atoms with Gasteiger partial charge >= 0.3 is 5.97 Å². The highest BCUT2D eigenvalue weighted by Gasteiger charge is 2.44. The lowest BCUT2D eigenvalue weighted by Gasteiger charge is -2.37. The van der Waals surface area contributed by atoms with E-state index < -0.39 is 11.4 Å². The minimum Gasteiger partial charge on any atom is -0.481 e. The summed E-state index contributed by atoms with van der Waals surface area (Å²) in [5.74, 6) is 1.29. The van der Waals surface area contributed by atoms with Crippen LogP contribution in [0, 0.1) is 11.3 Å². The Morgan fingerprint density at radius 2 is 2.19 bits per heavy atom. The van der Waals surface area contributed by atoms with Crippen molar-refractivity contribution in [3.05, 3.63) is 0 Å². The van der Waals surface area contributed by atoms with Crippen molar-refractivity contribution in [1.82, 2.24) is 5.32 Å². The fourth-order valence-electron chi connectivity index (χ4n) is 2.21. The Morgan fingerprint density at radius 1 is 1.44 bits per heavy atom. The molecule has 1 amide bonds. The Morgan fingerprint density at radius 3 is 2.62 bits per heavy atom. The monoisotopic (exact) mass is 243 g/mol. The van der Waals surface area contributed by atoms with Crippen molar-refractivity contribution >= 4 is 23.6 Å². The molecule has 16 heavy (non-hydrogen) atoms. The molecule has 5 heteroatoms. The number of hydrogen-bond donors (Lipinski definition) is 2. The molecule has 0 radical (unpaired) electrons. The van der Waals surface area contributed by atoms with Crippen molar-refractivity contribution in [3.63, 3.8) is 0 Å². The van der Waals surface area contributed by atoms with Crippen LogP contribution in [-0.4, -0.2) is 35.0 Å². The topological polar surface area (TPSA) is 66.4 Å². The van der Waals surface area contributed by atoms with Crippen LogP contribution >= 0.6 is 11.8 Å². The smallest absolute Gasteiger partial charge is 0.311 e. The van der Waals surface area contributed by atoms with Crippen molar-refractivity contribution in [2.75, 3.05) is 18.1 Å². The second-order valence-electron chi connectivity index (χ2n) is 4.72. The molecule has 0 bridgehead atoms. The van der Waals surface area contributed by atoms with Crippen molar-refractivity contribution in [2.45, 2.75) is 25.7 Å². The largest absolute Gasteiger partial charge is 0.481 e. The number of carboxylic acids is 1. The molecule has 1 aliphatic carbocycles. The molecule has 2 N–H and O–H groups in total. The van der Waals surface area contributed by atoms with Crippen molar-refractivity contribution < 1.29 is 14.7 Å². The molecular formula is C11H17NO3S. The summed E-state index contributed by atoms with van der Waals surface area (Å²) >= 11 is 1.79. The molecule has 2 aliphatic rings. The third-order valence-corrected chi connectivity index (χ3v) is 4.83. The first-order valence-corrected chi connectivity index (χ1v) is 6.88. The van der Waals surface area contributed by atoms with E-state index in [0.29, 0.717) is 19.4 Å². The molecule has 2 fully saturated rings. The third-order valence-electron chi connectivity index (χ3n) is 3.67. The SMILES string of the molecule is O=C(NCC1(C(=O)O)CCC1)C1CCSC1. The first-order chi connectivity index (χ1) is 7.64. The van der Waals surface area contributed by atoms with E-state index in [1.807, 2.05) is 0 Å². The molecule has 90 valence electrons. The highest BCUT2D eigenvalue weighted by atomic mass is 32.2. The third kappa shape index (κ3) is 2.19. The average Bonchev–Trinajstić information content (AvgIpc) is 2.67. The van der Waals surface area contributed by atoms with Crippen LogP contribution in [0.5, 0.6) is 0 Å². The van der Waals surface area contributed by atoms with Crippen LogP contribution in [0.25, 0.3) is 0 Å².